The first kappa shape index (κ1) is 28.4. The zero-order valence-corrected chi connectivity index (χ0v) is 25.0. The van der Waals surface area contributed by atoms with Gasteiger partial charge in [0.2, 0.25) is 0 Å². The maximum atomic E-state index is 13.6. The maximum Gasteiger partial charge on any atom is 0.326 e. The molecule has 0 bridgehead atoms. The van der Waals surface area contributed by atoms with Crippen molar-refractivity contribution in [1.82, 2.24) is 9.47 Å². The molecular weight excluding hydrogens is 574 g/mol. The molecule has 0 spiro atoms. The van der Waals surface area contributed by atoms with E-state index in [1.165, 1.54) is 10.1 Å². The molecule has 3 aromatic rings. The molecule has 3 aliphatic rings. The van der Waals surface area contributed by atoms with Crippen molar-refractivity contribution in [2.24, 2.45) is 0 Å². The van der Waals surface area contributed by atoms with Crippen LogP contribution in [0, 0.1) is 0 Å². The largest absolute Gasteiger partial charge is 0.465 e. The molecule has 6 rings (SSSR count). The Kier molecular flexibility index (Phi) is 7.82. The van der Waals surface area contributed by atoms with Gasteiger partial charge >= 0.3 is 5.97 Å². The third-order valence-electron chi connectivity index (χ3n) is 8.08. The van der Waals surface area contributed by atoms with E-state index < -0.39 is 22.7 Å². The van der Waals surface area contributed by atoms with Gasteiger partial charge < -0.3 is 14.7 Å². The van der Waals surface area contributed by atoms with E-state index in [2.05, 4.69) is 29.2 Å². The van der Waals surface area contributed by atoms with Crippen LogP contribution in [0.4, 0.5) is 16.2 Å². The first-order valence-electron chi connectivity index (χ1n) is 14.1. The zero-order valence-electron chi connectivity index (χ0n) is 23.4. The number of hydrogen-bond donors (Lipinski definition) is 1. The van der Waals surface area contributed by atoms with Crippen LogP contribution in [0.15, 0.2) is 47.3 Å². The Morgan fingerprint density at radius 3 is 2.57 bits per heavy atom. The number of anilines is 2. The predicted molar refractivity (Wildman–Crippen MR) is 163 cm³/mol. The summed E-state index contributed by atoms with van der Waals surface area (Å²) in [5, 5.41) is 9.07. The summed E-state index contributed by atoms with van der Waals surface area (Å²) in [7, 11) is 0. The Hall–Kier alpha value is -3.67. The third-order valence-corrected chi connectivity index (χ3v) is 10.3. The number of hydrogen-bond acceptors (Lipinski definition) is 9. The summed E-state index contributed by atoms with van der Waals surface area (Å²) in [5.41, 5.74) is 4.80. The zero-order chi connectivity index (χ0) is 29.5. The first-order chi connectivity index (χ1) is 20.3. The molecule has 2 unspecified atom stereocenters. The molecule has 1 saturated carbocycles. The van der Waals surface area contributed by atoms with Crippen molar-refractivity contribution >= 4 is 62.6 Å². The molecule has 11 heteroatoms. The van der Waals surface area contributed by atoms with E-state index in [1.807, 2.05) is 18.2 Å². The number of carbonyl (C=O) groups is 3. The molecule has 2 fully saturated rings. The highest BCUT2D eigenvalue weighted by Crippen LogP contribution is 2.52. The minimum absolute atomic E-state index is 0.00725. The highest BCUT2D eigenvalue weighted by atomic mass is 32.2. The maximum absolute atomic E-state index is 13.6. The lowest BCUT2D eigenvalue weighted by atomic mass is 9.96. The van der Waals surface area contributed by atoms with Crippen LogP contribution in [0.3, 0.4) is 0 Å². The summed E-state index contributed by atoms with van der Waals surface area (Å²) >= 11 is 1.90. The molecule has 0 radical (unpaired) electrons. The van der Waals surface area contributed by atoms with Gasteiger partial charge in [-0.15, -0.1) is 11.3 Å². The number of carbonyl (C=O) groups excluding carboxylic acids is 3. The number of benzene rings is 2. The molecule has 2 amide bonds. The van der Waals surface area contributed by atoms with Crippen LogP contribution in [0.25, 0.3) is 11.0 Å². The monoisotopic (exact) mass is 605 g/mol. The minimum atomic E-state index is -0.586. The second-order valence-electron chi connectivity index (χ2n) is 10.5. The molecule has 1 N–H and O–H groups in total. The normalized spacial score (nSPS) is 21.4. The Bertz CT molecular complexity index is 1760. The second kappa shape index (κ2) is 11.5. The van der Waals surface area contributed by atoms with Crippen LogP contribution in [0.1, 0.15) is 55.7 Å². The molecule has 2 aromatic carbocycles. The minimum Gasteiger partial charge on any atom is -0.465 e. The SMILES string of the molecule is CCOC(=O)Cn1c(=O)/c(=C\c2ccc3c(c2)C2CCCC2N3c2ccc(CO)cc2)s/c1=C1/SC(=O)N(CC)C1=O. The summed E-state index contributed by atoms with van der Waals surface area (Å²) in [6.45, 7) is 3.45. The molecule has 218 valence electrons. The average molecular weight is 606 g/mol. The van der Waals surface area contributed by atoms with E-state index in [1.54, 1.807) is 19.9 Å². The van der Waals surface area contributed by atoms with Crippen LogP contribution in [0.5, 0.6) is 0 Å². The Morgan fingerprint density at radius 2 is 1.88 bits per heavy atom. The van der Waals surface area contributed by atoms with E-state index in [0.29, 0.717) is 16.5 Å². The highest BCUT2D eigenvalue weighted by Gasteiger charge is 2.42. The van der Waals surface area contributed by atoms with Crippen molar-refractivity contribution in [3.63, 3.8) is 0 Å². The number of aromatic nitrogens is 1. The van der Waals surface area contributed by atoms with Crippen LogP contribution >= 0.6 is 23.1 Å². The standard InChI is InChI=1S/C31H31N3O6S2/c1-3-32-29(38)27(42-31(32)39)30-33(16-26(36)40-4-2)28(37)25(41-30)15-19-10-13-24-22(14-19)21-6-5-7-23(21)34(24)20-11-8-18(17-35)9-12-20/h8-15,21,23,35H,3-7,16-17H2,1-2H3/b25-15+,30-27+. The van der Waals surface area contributed by atoms with Crippen LogP contribution in [-0.4, -0.2) is 50.9 Å². The van der Waals surface area contributed by atoms with Gasteiger partial charge in [-0.1, -0.05) is 24.6 Å². The molecule has 3 heterocycles. The fourth-order valence-corrected chi connectivity index (χ4v) is 8.36. The summed E-state index contributed by atoms with van der Waals surface area (Å²) < 4.78 is 6.99. The van der Waals surface area contributed by atoms with E-state index in [4.69, 9.17) is 4.74 Å². The number of fused-ring (bicyclic) bond motifs is 3. The van der Waals surface area contributed by atoms with Crippen LogP contribution in [0.2, 0.25) is 0 Å². The van der Waals surface area contributed by atoms with Gasteiger partial charge in [0, 0.05) is 29.9 Å². The van der Waals surface area contributed by atoms with Crippen LogP contribution < -0.4 is 19.7 Å². The number of ether oxygens (including phenoxy) is 1. The quantitative estimate of drug-likeness (QED) is 0.409. The van der Waals surface area contributed by atoms with E-state index >= 15 is 0 Å². The predicted octanol–water partition coefficient (Wildman–Crippen LogP) is 3.41. The van der Waals surface area contributed by atoms with Gasteiger partial charge in [-0.25, -0.2) is 0 Å². The fraction of sp³-hybridized carbons (Fsp3) is 0.355. The van der Waals surface area contributed by atoms with Gasteiger partial charge in [0.25, 0.3) is 16.7 Å². The van der Waals surface area contributed by atoms with Gasteiger partial charge in [0.15, 0.2) is 0 Å². The molecule has 1 aromatic heterocycles. The number of thiazole rings is 1. The number of thioether (sulfide) groups is 1. The number of nitrogens with zero attached hydrogens (tertiary/aromatic N) is 3. The van der Waals surface area contributed by atoms with Crippen molar-refractivity contribution in [3.05, 3.63) is 78.7 Å². The summed E-state index contributed by atoms with van der Waals surface area (Å²) in [6, 6.07) is 14.6. The van der Waals surface area contributed by atoms with E-state index in [0.717, 1.165) is 69.8 Å². The van der Waals surface area contributed by atoms with Gasteiger partial charge in [0.05, 0.1) is 17.7 Å². The Morgan fingerprint density at radius 1 is 1.10 bits per heavy atom. The van der Waals surface area contributed by atoms with Crippen LogP contribution in [-0.2, 0) is 27.5 Å². The molecule has 42 heavy (non-hydrogen) atoms. The molecular formula is C31H31N3O6S2. The Labute approximate surface area is 250 Å². The molecule has 9 nitrogen and oxygen atoms in total. The summed E-state index contributed by atoms with van der Waals surface area (Å²) in [5.74, 6) is -0.675. The number of amides is 2. The smallest absolute Gasteiger partial charge is 0.326 e. The highest BCUT2D eigenvalue weighted by molar-refractivity contribution is 8.23. The number of aliphatic hydroxyl groups is 1. The van der Waals surface area contributed by atoms with Gasteiger partial charge in [0.1, 0.15) is 16.1 Å². The fourth-order valence-electron chi connectivity index (χ4n) is 6.18. The van der Waals surface area contributed by atoms with Crippen molar-refractivity contribution in [1.29, 1.82) is 0 Å². The van der Waals surface area contributed by atoms with Gasteiger partial charge in [-0.3, -0.25) is 28.6 Å². The first-order valence-corrected chi connectivity index (χ1v) is 15.8. The lowest BCUT2D eigenvalue weighted by Gasteiger charge is -2.27. The van der Waals surface area contributed by atoms with Crippen molar-refractivity contribution < 1.29 is 24.2 Å². The summed E-state index contributed by atoms with van der Waals surface area (Å²) in [6.07, 6.45) is 5.11. The van der Waals surface area contributed by atoms with Crippen molar-refractivity contribution in [2.45, 2.75) is 58.2 Å². The number of aliphatic hydroxyl groups excluding tert-OH is 1. The Balaban J connectivity index is 1.44. The third kappa shape index (κ3) is 4.89. The molecule has 2 atom stereocenters. The number of rotatable bonds is 7. The van der Waals surface area contributed by atoms with E-state index in [-0.39, 0.29) is 35.9 Å². The van der Waals surface area contributed by atoms with E-state index in [9.17, 15) is 24.3 Å². The average Bonchev–Trinajstić information content (AvgIpc) is 3.72. The number of imide groups is 1. The second-order valence-corrected chi connectivity index (χ2v) is 12.5. The summed E-state index contributed by atoms with van der Waals surface area (Å²) in [4.78, 5) is 55.1. The number of esters is 1. The lowest BCUT2D eigenvalue weighted by Crippen LogP contribution is -2.36. The van der Waals surface area contributed by atoms with Crippen molar-refractivity contribution in [3.8, 4) is 0 Å². The lowest BCUT2D eigenvalue weighted by molar-refractivity contribution is -0.143. The topological polar surface area (TPSA) is 109 Å². The van der Waals surface area contributed by atoms with Crippen molar-refractivity contribution in [2.75, 3.05) is 18.1 Å². The van der Waals surface area contributed by atoms with Gasteiger partial charge in [-0.05, 0) is 85.5 Å². The molecule has 1 saturated heterocycles. The molecule has 2 aliphatic heterocycles. The molecule has 1 aliphatic carbocycles. The van der Waals surface area contributed by atoms with Gasteiger partial charge in [-0.2, -0.15) is 0 Å².